The van der Waals surface area contributed by atoms with Gasteiger partial charge in [0.25, 0.3) is 0 Å². The van der Waals surface area contributed by atoms with Crippen molar-refractivity contribution in [2.45, 2.75) is 38.1 Å². The van der Waals surface area contributed by atoms with Gasteiger partial charge in [-0.05, 0) is 12.0 Å². The van der Waals surface area contributed by atoms with Gasteiger partial charge in [0.2, 0.25) is 0 Å². The van der Waals surface area contributed by atoms with E-state index < -0.39 is 0 Å². The molecule has 3 heteroatoms. The summed E-state index contributed by atoms with van der Waals surface area (Å²) in [4.78, 5) is 0. The third kappa shape index (κ3) is 2.99. The van der Waals surface area contributed by atoms with Gasteiger partial charge >= 0.3 is 0 Å². The van der Waals surface area contributed by atoms with Gasteiger partial charge in [0.1, 0.15) is 0 Å². The van der Waals surface area contributed by atoms with Crippen LogP contribution < -0.4 is 4.65 Å². The molecule has 0 saturated heterocycles. The average molecular weight is 173 g/mol. The molecule has 1 N–H and O–H groups in total. The normalized spacial score (nSPS) is 22.8. The zero-order chi connectivity index (χ0) is 7.23. The Bertz CT molecular complexity index is 81.7. The van der Waals surface area contributed by atoms with Crippen LogP contribution in [0.2, 0.25) is 6.04 Å². The molecule has 0 aromatic carbocycles. The van der Waals surface area contributed by atoms with Crippen LogP contribution in [-0.4, -0.2) is 20.1 Å². The van der Waals surface area contributed by atoms with E-state index in [1.165, 1.54) is 42.5 Å². The Kier molecular flexibility index (Phi) is 4.33. The third-order valence-electron chi connectivity index (χ3n) is 2.53. The van der Waals surface area contributed by atoms with Crippen molar-refractivity contribution >= 4 is 20.1 Å². The van der Waals surface area contributed by atoms with Gasteiger partial charge in [-0.2, -0.15) is 0 Å². The Morgan fingerprint density at radius 3 is 2.60 bits per heavy atom. The Balaban J connectivity index is 2.02. The van der Waals surface area contributed by atoms with Crippen molar-refractivity contribution < 1.29 is 0 Å². The second-order valence-electron chi connectivity index (χ2n) is 3.40. The molecule has 0 heterocycles. The molecule has 0 radical (unpaired) electrons. The summed E-state index contributed by atoms with van der Waals surface area (Å²) >= 11 is 0. The van der Waals surface area contributed by atoms with E-state index in [1.54, 1.807) is 6.04 Å². The highest BCUT2D eigenvalue weighted by Gasteiger charge is 2.11. The zero-order valence-electron chi connectivity index (χ0n) is 7.03. The molecule has 1 aliphatic rings. The van der Waals surface area contributed by atoms with E-state index in [1.807, 2.05) is 0 Å². The van der Waals surface area contributed by atoms with E-state index in [4.69, 9.17) is 0 Å². The maximum absolute atomic E-state index is 3.49. The summed E-state index contributed by atoms with van der Waals surface area (Å²) in [7, 11) is 1.42. The van der Waals surface area contributed by atoms with Gasteiger partial charge in [-0.3, -0.25) is 0 Å². The average Bonchev–Trinajstić information content (AvgIpc) is 2.03. The molecule has 10 heavy (non-hydrogen) atoms. The van der Waals surface area contributed by atoms with E-state index in [0.717, 1.165) is 5.92 Å². The fourth-order valence-electron chi connectivity index (χ4n) is 1.82. The van der Waals surface area contributed by atoms with Crippen molar-refractivity contribution in [3.63, 3.8) is 0 Å². The largest absolute Gasteiger partial charge is 0.372 e. The summed E-state index contributed by atoms with van der Waals surface area (Å²) in [5, 5.41) is 0. The van der Waals surface area contributed by atoms with Gasteiger partial charge in [-0.15, -0.1) is 0 Å². The van der Waals surface area contributed by atoms with Crippen molar-refractivity contribution in [2.75, 3.05) is 0 Å². The molecule has 0 aromatic heterocycles. The molecular formula is C7H19NSi2. The smallest absolute Gasteiger partial charge is 0.0845 e. The molecule has 0 bridgehead atoms. The van der Waals surface area contributed by atoms with Crippen LogP contribution >= 0.6 is 0 Å². The van der Waals surface area contributed by atoms with E-state index in [9.17, 15) is 0 Å². The van der Waals surface area contributed by atoms with Crippen LogP contribution in [0.4, 0.5) is 0 Å². The number of hydrogen-bond donors (Lipinski definition) is 1. The first kappa shape index (κ1) is 8.49. The molecule has 0 unspecified atom stereocenters. The lowest BCUT2D eigenvalue weighted by molar-refractivity contribution is 0.384. The molecule has 0 atom stereocenters. The summed E-state index contributed by atoms with van der Waals surface area (Å²) in [5.41, 5.74) is 0. The van der Waals surface area contributed by atoms with Crippen LogP contribution in [0.1, 0.15) is 32.1 Å². The van der Waals surface area contributed by atoms with E-state index in [-0.39, 0.29) is 9.68 Å². The number of rotatable bonds is 3. The monoisotopic (exact) mass is 173 g/mol. The molecule has 1 aliphatic carbocycles. The molecular weight excluding hydrogens is 154 g/mol. The molecule has 1 rings (SSSR count). The van der Waals surface area contributed by atoms with Crippen molar-refractivity contribution in [1.29, 1.82) is 0 Å². The van der Waals surface area contributed by atoms with Crippen LogP contribution in [-0.2, 0) is 0 Å². The van der Waals surface area contributed by atoms with Gasteiger partial charge in [0.05, 0.1) is 20.1 Å². The minimum atomic E-state index is 0.189. The predicted molar refractivity (Wildman–Crippen MR) is 53.0 cm³/mol. The lowest BCUT2D eigenvalue weighted by atomic mass is 9.91. The van der Waals surface area contributed by atoms with Crippen LogP contribution in [0.15, 0.2) is 0 Å². The molecule has 0 amide bonds. The first-order chi connectivity index (χ1) is 4.93. The van der Waals surface area contributed by atoms with Crippen LogP contribution in [0.25, 0.3) is 0 Å². The maximum Gasteiger partial charge on any atom is 0.0845 e. The van der Waals surface area contributed by atoms with Crippen molar-refractivity contribution in [3.05, 3.63) is 0 Å². The Hall–Kier alpha value is 0.394. The van der Waals surface area contributed by atoms with E-state index in [0.29, 0.717) is 0 Å². The highest BCUT2D eigenvalue weighted by molar-refractivity contribution is 6.41. The highest BCUT2D eigenvalue weighted by Crippen LogP contribution is 2.25. The molecule has 0 aromatic rings. The zero-order valence-corrected chi connectivity index (χ0v) is 10.4. The topological polar surface area (TPSA) is 12.0 Å². The lowest BCUT2D eigenvalue weighted by Gasteiger charge is -2.20. The first-order valence-electron chi connectivity index (χ1n) is 4.58. The predicted octanol–water partition coefficient (Wildman–Crippen LogP) is -0.0612. The molecule has 1 fully saturated rings. The van der Waals surface area contributed by atoms with E-state index in [2.05, 4.69) is 4.65 Å². The third-order valence-corrected chi connectivity index (χ3v) is 5.63. The fraction of sp³-hybridized carbons (Fsp3) is 1.00. The van der Waals surface area contributed by atoms with E-state index >= 15 is 0 Å². The van der Waals surface area contributed by atoms with Gasteiger partial charge in [-0.25, -0.2) is 0 Å². The molecule has 1 nitrogen and oxygen atoms in total. The second-order valence-corrected chi connectivity index (χ2v) is 7.30. The van der Waals surface area contributed by atoms with Crippen molar-refractivity contribution in [1.82, 2.24) is 4.65 Å². The lowest BCUT2D eigenvalue weighted by Crippen LogP contribution is -2.19. The number of nitrogens with one attached hydrogen (secondary N) is 1. The van der Waals surface area contributed by atoms with Crippen LogP contribution in [0.3, 0.4) is 0 Å². The second kappa shape index (κ2) is 5.10. The van der Waals surface area contributed by atoms with Crippen molar-refractivity contribution in [3.8, 4) is 0 Å². The Morgan fingerprint density at radius 2 is 2.00 bits per heavy atom. The highest BCUT2D eigenvalue weighted by atomic mass is 28.3. The number of hydrogen-bond acceptors (Lipinski definition) is 1. The van der Waals surface area contributed by atoms with Gasteiger partial charge in [0.15, 0.2) is 0 Å². The summed E-state index contributed by atoms with van der Waals surface area (Å²) in [6, 6.07) is 1.57. The quantitative estimate of drug-likeness (QED) is 0.590. The van der Waals surface area contributed by atoms with Crippen molar-refractivity contribution in [2.24, 2.45) is 5.92 Å². The molecule has 1 saturated carbocycles. The summed E-state index contributed by atoms with van der Waals surface area (Å²) in [6.07, 6.45) is 7.61. The first-order valence-corrected chi connectivity index (χ1v) is 7.29. The molecule has 0 spiro atoms. The summed E-state index contributed by atoms with van der Waals surface area (Å²) < 4.78 is 3.49. The Labute approximate surface area is 69.4 Å². The van der Waals surface area contributed by atoms with Crippen LogP contribution in [0, 0.1) is 5.92 Å². The maximum atomic E-state index is 3.49. The van der Waals surface area contributed by atoms with Crippen LogP contribution in [0.5, 0.6) is 0 Å². The molecule has 60 valence electrons. The summed E-state index contributed by atoms with van der Waals surface area (Å²) in [6.45, 7) is 0. The standard InChI is InChI=1S/C7H19NSi2/c9-8-10-6-7-4-2-1-3-5-7/h7-8H,1-6,10H2,9H3. The van der Waals surface area contributed by atoms with Gasteiger partial charge in [-0.1, -0.05) is 32.1 Å². The molecule has 0 aliphatic heterocycles. The van der Waals surface area contributed by atoms with Gasteiger partial charge < -0.3 is 4.65 Å². The van der Waals surface area contributed by atoms with Gasteiger partial charge in [0, 0.05) is 0 Å². The minimum absolute atomic E-state index is 0.189. The fourth-order valence-corrected chi connectivity index (χ4v) is 3.96. The minimum Gasteiger partial charge on any atom is -0.372 e. The Morgan fingerprint density at radius 1 is 1.30 bits per heavy atom. The SMILES string of the molecule is [SiH3]N[SiH2]CC1CCCCC1. The summed E-state index contributed by atoms with van der Waals surface area (Å²) in [5.74, 6) is 1.13.